The van der Waals surface area contributed by atoms with Gasteiger partial charge in [-0.15, -0.1) is 0 Å². The van der Waals surface area contributed by atoms with Crippen molar-refractivity contribution < 1.29 is 28.7 Å². The second-order valence-corrected chi connectivity index (χ2v) is 7.59. The molecular formula is C24H17ClN2O6. The maximum atomic E-state index is 13.0. The van der Waals surface area contributed by atoms with Gasteiger partial charge >= 0.3 is 12.0 Å². The molecule has 1 aliphatic heterocycles. The molecule has 2 aromatic carbocycles. The zero-order chi connectivity index (χ0) is 23.7. The van der Waals surface area contributed by atoms with Crippen LogP contribution in [0.2, 0.25) is 5.02 Å². The van der Waals surface area contributed by atoms with Crippen molar-refractivity contribution in [3.63, 3.8) is 0 Å². The molecule has 9 heteroatoms. The molecule has 0 saturated carbocycles. The number of furan rings is 1. The standard InChI is InChI=1S/C24H17ClN2O6/c1-2-13-3-6-15(7-4-13)27-22(29)18(21(28)26-24(27)32)12-16-8-10-20(33-16)17-11-14(23(30)31)5-9-19(17)25/h3-12H,2H2,1H3,(H,30,31)(H,26,28,32)/b18-12-. The Morgan fingerprint density at radius 3 is 2.48 bits per heavy atom. The summed E-state index contributed by atoms with van der Waals surface area (Å²) < 4.78 is 5.69. The number of anilines is 1. The summed E-state index contributed by atoms with van der Waals surface area (Å²) in [5.74, 6) is -2.37. The first-order chi connectivity index (χ1) is 15.8. The number of urea groups is 1. The van der Waals surface area contributed by atoms with Crippen LogP contribution in [0.4, 0.5) is 10.5 Å². The van der Waals surface area contributed by atoms with Gasteiger partial charge in [0.2, 0.25) is 0 Å². The average molecular weight is 465 g/mol. The molecule has 2 heterocycles. The fourth-order valence-corrected chi connectivity index (χ4v) is 3.55. The van der Waals surface area contributed by atoms with E-state index in [2.05, 4.69) is 5.32 Å². The lowest BCUT2D eigenvalue weighted by Crippen LogP contribution is -2.54. The number of benzene rings is 2. The summed E-state index contributed by atoms with van der Waals surface area (Å²) in [4.78, 5) is 49.8. The number of hydrogen-bond acceptors (Lipinski definition) is 5. The van der Waals surface area contributed by atoms with Gasteiger partial charge in [-0.25, -0.2) is 14.5 Å². The van der Waals surface area contributed by atoms with Crippen molar-refractivity contribution in [1.29, 1.82) is 0 Å². The second kappa shape index (κ2) is 8.76. The minimum Gasteiger partial charge on any atom is -0.478 e. The Morgan fingerprint density at radius 2 is 1.82 bits per heavy atom. The Kier molecular flexibility index (Phi) is 5.85. The Bertz CT molecular complexity index is 1320. The maximum Gasteiger partial charge on any atom is 0.335 e. The van der Waals surface area contributed by atoms with Crippen LogP contribution in [-0.2, 0) is 16.0 Å². The lowest BCUT2D eigenvalue weighted by molar-refractivity contribution is -0.122. The van der Waals surface area contributed by atoms with Crippen LogP contribution < -0.4 is 10.2 Å². The molecule has 0 spiro atoms. The Balaban J connectivity index is 1.67. The number of aromatic carboxylic acids is 1. The molecule has 3 aromatic rings. The molecule has 0 aliphatic carbocycles. The predicted molar refractivity (Wildman–Crippen MR) is 121 cm³/mol. The lowest BCUT2D eigenvalue weighted by atomic mass is 10.1. The highest BCUT2D eigenvalue weighted by molar-refractivity contribution is 6.39. The van der Waals surface area contributed by atoms with E-state index in [4.69, 9.17) is 16.0 Å². The topological polar surface area (TPSA) is 117 Å². The van der Waals surface area contributed by atoms with E-state index >= 15 is 0 Å². The van der Waals surface area contributed by atoms with Crippen LogP contribution in [0.1, 0.15) is 28.6 Å². The Morgan fingerprint density at radius 1 is 1.09 bits per heavy atom. The normalized spacial score (nSPS) is 15.2. The van der Waals surface area contributed by atoms with E-state index in [0.717, 1.165) is 16.9 Å². The number of hydrogen-bond donors (Lipinski definition) is 2. The quantitative estimate of drug-likeness (QED) is 0.423. The van der Waals surface area contributed by atoms with E-state index in [9.17, 15) is 24.3 Å². The zero-order valence-corrected chi connectivity index (χ0v) is 18.1. The van der Waals surface area contributed by atoms with Crippen LogP contribution in [0.3, 0.4) is 0 Å². The number of nitrogens with zero attached hydrogens (tertiary/aromatic N) is 1. The van der Waals surface area contributed by atoms with Gasteiger partial charge in [-0.3, -0.25) is 14.9 Å². The van der Waals surface area contributed by atoms with Crippen molar-refractivity contribution in [2.75, 3.05) is 4.90 Å². The number of barbiturate groups is 1. The molecule has 1 aromatic heterocycles. The zero-order valence-electron chi connectivity index (χ0n) is 17.3. The third-order valence-electron chi connectivity index (χ3n) is 5.10. The van der Waals surface area contributed by atoms with Crippen molar-refractivity contribution in [2.24, 2.45) is 0 Å². The first-order valence-corrected chi connectivity index (χ1v) is 10.3. The molecule has 1 aliphatic rings. The molecule has 0 bridgehead atoms. The summed E-state index contributed by atoms with van der Waals surface area (Å²) in [6.45, 7) is 1.98. The van der Waals surface area contributed by atoms with Crippen molar-refractivity contribution in [3.05, 3.63) is 82.1 Å². The van der Waals surface area contributed by atoms with Gasteiger partial charge in [-0.1, -0.05) is 30.7 Å². The molecule has 8 nitrogen and oxygen atoms in total. The van der Waals surface area contributed by atoms with E-state index in [-0.39, 0.29) is 27.7 Å². The Labute approximate surface area is 193 Å². The van der Waals surface area contributed by atoms with Gasteiger partial charge in [0.15, 0.2) is 0 Å². The number of carbonyl (C=O) groups is 4. The van der Waals surface area contributed by atoms with Crippen molar-refractivity contribution >= 4 is 47.2 Å². The van der Waals surface area contributed by atoms with E-state index < -0.39 is 23.8 Å². The highest BCUT2D eigenvalue weighted by Gasteiger charge is 2.37. The first-order valence-electron chi connectivity index (χ1n) is 9.92. The minimum absolute atomic E-state index is 0.0239. The monoisotopic (exact) mass is 464 g/mol. The third-order valence-corrected chi connectivity index (χ3v) is 5.43. The number of halogens is 1. The molecular weight excluding hydrogens is 448 g/mol. The van der Waals surface area contributed by atoms with Gasteiger partial charge in [0, 0.05) is 5.56 Å². The largest absolute Gasteiger partial charge is 0.478 e. The fraction of sp³-hybridized carbons (Fsp3) is 0.0833. The Hall–Kier alpha value is -4.17. The van der Waals surface area contributed by atoms with E-state index in [1.54, 1.807) is 24.3 Å². The van der Waals surface area contributed by atoms with Crippen LogP contribution in [0.25, 0.3) is 17.4 Å². The van der Waals surface area contributed by atoms with Gasteiger partial charge in [-0.05, 0) is 60.5 Å². The molecule has 1 fully saturated rings. The van der Waals surface area contributed by atoms with Crippen molar-refractivity contribution in [1.82, 2.24) is 5.32 Å². The first kappa shape index (κ1) is 22.0. The van der Waals surface area contributed by atoms with E-state index in [1.165, 1.54) is 36.4 Å². The molecule has 0 unspecified atom stereocenters. The molecule has 0 atom stereocenters. The number of carboxylic acids is 1. The summed E-state index contributed by atoms with van der Waals surface area (Å²) in [6, 6.07) is 13.2. The smallest absolute Gasteiger partial charge is 0.335 e. The van der Waals surface area contributed by atoms with Gasteiger partial charge in [0.25, 0.3) is 11.8 Å². The molecule has 166 valence electrons. The van der Waals surface area contributed by atoms with Crippen molar-refractivity contribution in [3.8, 4) is 11.3 Å². The van der Waals surface area contributed by atoms with Gasteiger partial charge < -0.3 is 9.52 Å². The highest BCUT2D eigenvalue weighted by atomic mass is 35.5. The SMILES string of the molecule is CCc1ccc(N2C(=O)NC(=O)/C(=C/c3ccc(-c4cc(C(=O)O)ccc4Cl)o3)C2=O)cc1. The van der Waals surface area contributed by atoms with Crippen LogP contribution >= 0.6 is 11.6 Å². The molecule has 4 amide bonds. The molecule has 1 saturated heterocycles. The van der Waals surface area contributed by atoms with Crippen LogP contribution in [0, 0.1) is 0 Å². The van der Waals surface area contributed by atoms with Gasteiger partial charge in [0.1, 0.15) is 17.1 Å². The molecule has 33 heavy (non-hydrogen) atoms. The van der Waals surface area contributed by atoms with Crippen LogP contribution in [0.15, 0.2) is 64.6 Å². The number of nitrogens with one attached hydrogen (secondary N) is 1. The number of imide groups is 2. The number of amides is 4. The number of aryl methyl sites for hydroxylation is 1. The fourth-order valence-electron chi connectivity index (χ4n) is 3.34. The number of carbonyl (C=O) groups excluding carboxylic acids is 3. The lowest BCUT2D eigenvalue weighted by Gasteiger charge is -2.26. The average Bonchev–Trinajstić information content (AvgIpc) is 3.25. The summed E-state index contributed by atoms with van der Waals surface area (Å²) >= 11 is 6.18. The van der Waals surface area contributed by atoms with E-state index in [1.807, 2.05) is 6.92 Å². The summed E-state index contributed by atoms with van der Waals surface area (Å²) in [6.07, 6.45) is 2.01. The van der Waals surface area contributed by atoms with Crippen molar-refractivity contribution in [2.45, 2.75) is 13.3 Å². The molecule has 2 N–H and O–H groups in total. The molecule has 4 rings (SSSR count). The number of carboxylic acid groups (broad SMARTS) is 1. The van der Waals surface area contributed by atoms with Gasteiger partial charge in [-0.2, -0.15) is 0 Å². The summed E-state index contributed by atoms with van der Waals surface area (Å²) in [7, 11) is 0. The van der Waals surface area contributed by atoms with E-state index in [0.29, 0.717) is 11.3 Å². The maximum absolute atomic E-state index is 13.0. The number of rotatable bonds is 5. The van der Waals surface area contributed by atoms with Crippen LogP contribution in [0.5, 0.6) is 0 Å². The van der Waals surface area contributed by atoms with Crippen LogP contribution in [-0.4, -0.2) is 28.9 Å². The second-order valence-electron chi connectivity index (χ2n) is 7.18. The third kappa shape index (κ3) is 4.28. The predicted octanol–water partition coefficient (Wildman–Crippen LogP) is 4.53. The highest BCUT2D eigenvalue weighted by Crippen LogP contribution is 2.31. The summed E-state index contributed by atoms with van der Waals surface area (Å²) in [5.41, 5.74) is 1.43. The summed E-state index contributed by atoms with van der Waals surface area (Å²) in [5, 5.41) is 11.6. The van der Waals surface area contributed by atoms with Gasteiger partial charge in [0.05, 0.1) is 16.3 Å². The minimum atomic E-state index is -1.12. The molecule has 0 radical (unpaired) electrons.